The van der Waals surface area contributed by atoms with Crippen LogP contribution in [-0.4, -0.2) is 53.3 Å². The number of rotatable bonds is 7. The largest absolute Gasteiger partial charge is 0.455 e. The molecule has 4 aromatic rings. The number of alkyl halides is 3. The van der Waals surface area contributed by atoms with Crippen molar-refractivity contribution in [3.8, 4) is 11.9 Å². The van der Waals surface area contributed by atoms with Crippen LogP contribution in [0.1, 0.15) is 37.9 Å². The predicted molar refractivity (Wildman–Crippen MR) is 138 cm³/mol. The van der Waals surface area contributed by atoms with Crippen molar-refractivity contribution in [3.05, 3.63) is 73.5 Å². The number of benzene rings is 1. The number of halogens is 5. The second-order valence-electron chi connectivity index (χ2n) is 7.82. The van der Waals surface area contributed by atoms with Crippen LogP contribution in [0.3, 0.4) is 0 Å². The zero-order valence-electron chi connectivity index (χ0n) is 19.7. The van der Waals surface area contributed by atoms with Crippen molar-refractivity contribution in [3.63, 3.8) is 0 Å². The molecule has 1 aromatic carbocycles. The van der Waals surface area contributed by atoms with Gasteiger partial charge in [0.25, 0.3) is 17.6 Å². The van der Waals surface area contributed by atoms with Gasteiger partial charge in [0.2, 0.25) is 0 Å². The van der Waals surface area contributed by atoms with Crippen molar-refractivity contribution in [2.75, 3.05) is 11.9 Å². The first-order valence-electron chi connectivity index (χ1n) is 10.8. The van der Waals surface area contributed by atoms with Crippen molar-refractivity contribution < 1.29 is 22.8 Å². The monoisotopic (exact) mass is 670 g/mol. The number of pyridine rings is 1. The number of nitrogens with zero attached hydrogens (tertiary/aromatic N) is 8. The zero-order chi connectivity index (χ0) is 28.3. The summed E-state index contributed by atoms with van der Waals surface area (Å²) in [5.74, 6) is -2.65. The van der Waals surface area contributed by atoms with Crippen molar-refractivity contribution in [1.82, 2.24) is 40.3 Å². The smallest absolute Gasteiger partial charge is 0.339 e. The van der Waals surface area contributed by atoms with Crippen LogP contribution >= 0.6 is 34.2 Å². The molecule has 0 atom stereocenters. The van der Waals surface area contributed by atoms with Gasteiger partial charge >= 0.3 is 6.18 Å². The average molecular weight is 671 g/mol. The van der Waals surface area contributed by atoms with Crippen LogP contribution < -0.4 is 10.6 Å². The Balaban J connectivity index is 1.73. The quantitative estimate of drug-likeness (QED) is 0.224. The van der Waals surface area contributed by atoms with Crippen LogP contribution in [0, 0.1) is 21.8 Å². The molecule has 0 aliphatic heterocycles. The van der Waals surface area contributed by atoms with E-state index in [1.807, 2.05) is 28.7 Å². The van der Waals surface area contributed by atoms with Gasteiger partial charge in [0, 0.05) is 9.77 Å². The standard InChI is InChI=1S/C22H15ClF3IN10O2/c1-11-7-12(27)8-14(19(38)30-6-4-28)17(11)31-20(39)16-9-13(10-36-34-21(32-35-36)22(24,25)26)33-37(16)18-15(23)3-2-5-29-18/h2-3,5,7-9H,6,10H2,1H3,(H,30,38)(H,31,39). The normalized spacial score (nSPS) is 11.2. The lowest BCUT2D eigenvalue weighted by Gasteiger charge is -2.15. The zero-order valence-corrected chi connectivity index (χ0v) is 22.6. The van der Waals surface area contributed by atoms with Crippen LogP contribution in [-0.2, 0) is 12.7 Å². The number of aryl methyl sites for hydroxylation is 1. The minimum Gasteiger partial charge on any atom is -0.339 e. The Morgan fingerprint density at radius 3 is 2.64 bits per heavy atom. The molecular formula is C22H15ClF3IN10O2. The van der Waals surface area contributed by atoms with Gasteiger partial charge in [-0.3, -0.25) is 9.59 Å². The van der Waals surface area contributed by atoms with E-state index < -0.39 is 23.8 Å². The molecule has 0 radical (unpaired) electrons. The molecule has 200 valence electrons. The molecule has 2 N–H and O–H groups in total. The Morgan fingerprint density at radius 1 is 1.21 bits per heavy atom. The van der Waals surface area contributed by atoms with Gasteiger partial charge in [-0.15, -0.1) is 10.2 Å². The van der Waals surface area contributed by atoms with Gasteiger partial charge in [0.05, 0.1) is 28.0 Å². The van der Waals surface area contributed by atoms with E-state index >= 15 is 0 Å². The summed E-state index contributed by atoms with van der Waals surface area (Å²) in [5.41, 5.74) is 0.870. The maximum atomic E-state index is 13.5. The lowest BCUT2D eigenvalue weighted by atomic mass is 10.1. The van der Waals surface area contributed by atoms with Crippen LogP contribution in [0.25, 0.3) is 5.82 Å². The summed E-state index contributed by atoms with van der Waals surface area (Å²) >= 11 is 8.29. The van der Waals surface area contributed by atoms with E-state index in [0.29, 0.717) is 10.4 Å². The summed E-state index contributed by atoms with van der Waals surface area (Å²) in [6, 6.07) is 9.48. The number of aromatic nitrogens is 7. The van der Waals surface area contributed by atoms with Crippen molar-refractivity contribution in [2.24, 2.45) is 0 Å². The van der Waals surface area contributed by atoms with E-state index in [0.717, 1.165) is 8.25 Å². The molecule has 0 spiro atoms. The summed E-state index contributed by atoms with van der Waals surface area (Å²) in [4.78, 5) is 31.1. The third-order valence-electron chi connectivity index (χ3n) is 5.05. The fourth-order valence-corrected chi connectivity index (χ4v) is 4.39. The minimum atomic E-state index is -4.78. The van der Waals surface area contributed by atoms with E-state index in [2.05, 4.69) is 36.1 Å². The molecule has 0 aliphatic rings. The number of tetrazole rings is 1. The third-order valence-corrected chi connectivity index (χ3v) is 5.97. The predicted octanol–water partition coefficient (Wildman–Crippen LogP) is 3.39. The Labute approximate surface area is 236 Å². The highest BCUT2D eigenvalue weighted by Crippen LogP contribution is 2.27. The Hall–Kier alpha value is -4.11. The molecule has 17 heteroatoms. The van der Waals surface area contributed by atoms with Gasteiger partial charge in [-0.25, -0.2) is 9.67 Å². The number of anilines is 1. The first-order chi connectivity index (χ1) is 18.5. The Bertz CT molecular complexity index is 1610. The summed E-state index contributed by atoms with van der Waals surface area (Å²) in [5, 5.41) is 28.1. The molecule has 0 aliphatic carbocycles. The van der Waals surface area contributed by atoms with Crippen LogP contribution in [0.4, 0.5) is 18.9 Å². The van der Waals surface area contributed by atoms with Crippen LogP contribution in [0.5, 0.6) is 0 Å². The number of carbonyl (C=O) groups excluding carboxylic acids is 2. The number of hydrogen-bond acceptors (Lipinski definition) is 8. The molecule has 12 nitrogen and oxygen atoms in total. The first-order valence-corrected chi connectivity index (χ1v) is 12.2. The highest BCUT2D eigenvalue weighted by Gasteiger charge is 2.37. The van der Waals surface area contributed by atoms with Crippen LogP contribution in [0.15, 0.2) is 36.5 Å². The fraction of sp³-hybridized carbons (Fsp3) is 0.182. The molecule has 0 saturated carbocycles. The number of hydrogen-bond donors (Lipinski definition) is 2. The molecular weight excluding hydrogens is 656 g/mol. The van der Waals surface area contributed by atoms with Crippen molar-refractivity contribution in [1.29, 1.82) is 5.26 Å². The topological polar surface area (TPSA) is 156 Å². The summed E-state index contributed by atoms with van der Waals surface area (Å²) < 4.78 is 40.5. The molecule has 0 saturated heterocycles. The van der Waals surface area contributed by atoms with E-state index in [1.165, 1.54) is 18.3 Å². The Kier molecular flexibility index (Phi) is 8.11. The third kappa shape index (κ3) is 6.31. The van der Waals surface area contributed by atoms with E-state index in [1.54, 1.807) is 25.1 Å². The Morgan fingerprint density at radius 2 is 1.97 bits per heavy atom. The number of carbonyl (C=O) groups is 2. The van der Waals surface area contributed by atoms with Gasteiger partial charge < -0.3 is 10.6 Å². The molecule has 0 bridgehead atoms. The molecule has 2 amide bonds. The van der Waals surface area contributed by atoms with Gasteiger partial charge in [0.15, 0.2) is 5.82 Å². The lowest BCUT2D eigenvalue weighted by molar-refractivity contribution is -0.145. The minimum absolute atomic E-state index is 0.0735. The van der Waals surface area contributed by atoms with E-state index in [9.17, 15) is 22.8 Å². The SMILES string of the molecule is Cc1cc(I)cc(C(=O)NCC#N)c1NC(=O)c1cc(Cn2nnc(C(F)(F)F)n2)nn1-c1ncccc1Cl. The summed E-state index contributed by atoms with van der Waals surface area (Å²) in [6.07, 6.45) is -3.37. The van der Waals surface area contributed by atoms with Crippen LogP contribution in [0.2, 0.25) is 5.02 Å². The highest BCUT2D eigenvalue weighted by molar-refractivity contribution is 14.1. The van der Waals surface area contributed by atoms with Gasteiger partial charge in [-0.1, -0.05) is 11.6 Å². The second-order valence-corrected chi connectivity index (χ2v) is 9.48. The lowest BCUT2D eigenvalue weighted by Crippen LogP contribution is -2.26. The number of nitriles is 1. The van der Waals surface area contributed by atoms with E-state index in [-0.39, 0.29) is 46.6 Å². The first kappa shape index (κ1) is 27.9. The summed E-state index contributed by atoms with van der Waals surface area (Å²) in [6.45, 7) is 1.09. The number of amides is 2. The molecule has 0 fully saturated rings. The molecule has 39 heavy (non-hydrogen) atoms. The average Bonchev–Trinajstić information content (AvgIpc) is 3.52. The van der Waals surface area contributed by atoms with Gasteiger partial charge in [-0.2, -0.15) is 28.3 Å². The van der Waals surface area contributed by atoms with Crippen molar-refractivity contribution >= 4 is 51.7 Å². The molecule has 4 rings (SSSR count). The molecule has 3 heterocycles. The molecule has 3 aromatic heterocycles. The maximum absolute atomic E-state index is 13.5. The van der Waals surface area contributed by atoms with Crippen molar-refractivity contribution in [2.45, 2.75) is 19.6 Å². The highest BCUT2D eigenvalue weighted by atomic mass is 127. The summed E-state index contributed by atoms with van der Waals surface area (Å²) in [7, 11) is 0. The second kappa shape index (κ2) is 11.3. The number of nitrogens with one attached hydrogen (secondary N) is 2. The van der Waals surface area contributed by atoms with Gasteiger partial charge in [-0.05, 0) is 70.6 Å². The fourth-order valence-electron chi connectivity index (χ4n) is 3.41. The molecule has 0 unspecified atom stereocenters. The van der Waals surface area contributed by atoms with Gasteiger partial charge in [0.1, 0.15) is 18.8 Å². The maximum Gasteiger partial charge on any atom is 0.455 e. The van der Waals surface area contributed by atoms with E-state index in [4.69, 9.17) is 16.9 Å².